The van der Waals surface area contributed by atoms with Crippen molar-refractivity contribution in [1.29, 1.82) is 0 Å². The predicted molar refractivity (Wildman–Crippen MR) is 308 cm³/mol. The fraction of sp³-hybridized carbons (Fsp3) is 0. The van der Waals surface area contributed by atoms with E-state index in [0.717, 1.165) is 111 Å². The first-order chi connectivity index (χ1) is 36.7. The van der Waals surface area contributed by atoms with Crippen molar-refractivity contribution < 1.29 is 8.83 Å². The Morgan fingerprint density at radius 2 is 0.919 bits per heavy atom. The zero-order valence-corrected chi connectivity index (χ0v) is 40.0. The highest BCUT2D eigenvalue weighted by Crippen LogP contribution is 2.52. The lowest BCUT2D eigenvalue weighted by molar-refractivity contribution is 0.669. The van der Waals surface area contributed by atoms with Crippen LogP contribution in [-0.2, 0) is 0 Å². The maximum absolute atomic E-state index is 7.52. The second-order valence-corrected chi connectivity index (χ2v) is 19.5. The van der Waals surface area contributed by atoms with Crippen LogP contribution in [0.4, 0.5) is 17.1 Å². The smallest absolute Gasteiger partial charge is 0.159 e. The van der Waals surface area contributed by atoms with Crippen molar-refractivity contribution in [2.24, 2.45) is 0 Å². The average molecular weight is 943 g/mol. The molecule has 344 valence electrons. The maximum atomic E-state index is 7.52. The first kappa shape index (κ1) is 40.8. The maximum Gasteiger partial charge on any atom is 0.159 e. The summed E-state index contributed by atoms with van der Waals surface area (Å²) >= 11 is 0. The van der Waals surface area contributed by atoms with Gasteiger partial charge in [0, 0.05) is 65.9 Å². The van der Waals surface area contributed by atoms with Crippen LogP contribution in [0.25, 0.3) is 138 Å². The molecule has 0 atom stereocenters. The lowest BCUT2D eigenvalue weighted by Gasteiger charge is -2.27. The van der Waals surface area contributed by atoms with Gasteiger partial charge in [-0.15, -0.1) is 0 Å². The lowest BCUT2D eigenvalue weighted by Crippen LogP contribution is -2.10. The summed E-state index contributed by atoms with van der Waals surface area (Å²) in [5.41, 5.74) is 21.1. The van der Waals surface area contributed by atoms with Gasteiger partial charge < -0.3 is 18.3 Å². The molecule has 0 radical (unpaired) electrons. The van der Waals surface area contributed by atoms with Gasteiger partial charge in [-0.3, -0.25) is 0 Å². The van der Waals surface area contributed by atoms with Crippen molar-refractivity contribution in [3.63, 3.8) is 0 Å². The molecule has 0 fully saturated rings. The van der Waals surface area contributed by atoms with Crippen LogP contribution in [0.2, 0.25) is 0 Å². The van der Waals surface area contributed by atoms with Gasteiger partial charge in [0.1, 0.15) is 16.7 Å². The van der Waals surface area contributed by atoms with Crippen molar-refractivity contribution in [3.8, 4) is 61.3 Å². The van der Waals surface area contributed by atoms with Gasteiger partial charge in [0.2, 0.25) is 0 Å². The predicted octanol–water partition coefficient (Wildman–Crippen LogP) is 19.9. The van der Waals surface area contributed by atoms with E-state index in [1.165, 1.54) is 43.7 Å². The van der Waals surface area contributed by atoms with Crippen molar-refractivity contribution in [1.82, 2.24) is 4.57 Å². The third-order valence-electron chi connectivity index (χ3n) is 15.5. The molecule has 3 aromatic heterocycles. The Morgan fingerprint density at radius 1 is 0.311 bits per heavy atom. The number of fused-ring (bicyclic) bond motifs is 16. The van der Waals surface area contributed by atoms with Crippen LogP contribution >= 0.6 is 0 Å². The summed E-state index contributed by atoms with van der Waals surface area (Å²) in [6.07, 6.45) is 0. The number of nitrogens with zero attached hydrogens (tertiary/aromatic N) is 2. The summed E-state index contributed by atoms with van der Waals surface area (Å²) < 4.78 is 16.8. The largest absolute Gasteiger partial charge is 0.455 e. The van der Waals surface area contributed by atoms with E-state index in [9.17, 15) is 0 Å². The van der Waals surface area contributed by atoms with E-state index in [0.29, 0.717) is 0 Å². The molecule has 0 aliphatic carbocycles. The molecule has 0 saturated carbocycles. The summed E-state index contributed by atoms with van der Waals surface area (Å²) in [6, 6.07) is 92.2. The molecule has 0 unspecified atom stereocenters. The first-order valence-electron chi connectivity index (χ1n) is 25.3. The molecule has 12 aromatic carbocycles. The highest BCUT2D eigenvalue weighted by molar-refractivity contribution is 6.22. The summed E-state index contributed by atoms with van der Waals surface area (Å²) in [5.74, 6) is 0. The Hall–Kier alpha value is -9.90. The Bertz CT molecular complexity index is 4780. The molecule has 0 amide bonds. The van der Waals surface area contributed by atoms with E-state index < -0.39 is 0 Å². The Kier molecular flexibility index (Phi) is 8.71. The number of hydrogen-bond acceptors (Lipinski definition) is 3. The molecule has 0 spiro atoms. The van der Waals surface area contributed by atoms with E-state index in [-0.39, 0.29) is 0 Å². The average Bonchev–Trinajstić information content (AvgIpc) is 4.13. The molecule has 0 N–H and O–H groups in total. The van der Waals surface area contributed by atoms with Crippen LogP contribution in [0.1, 0.15) is 0 Å². The highest BCUT2D eigenvalue weighted by Gasteiger charge is 2.29. The normalized spacial score (nSPS) is 12.1. The van der Waals surface area contributed by atoms with Gasteiger partial charge in [-0.2, -0.15) is 0 Å². The Balaban J connectivity index is 0.974. The van der Waals surface area contributed by atoms with E-state index in [4.69, 9.17) is 8.83 Å². The van der Waals surface area contributed by atoms with Gasteiger partial charge >= 0.3 is 0 Å². The molecule has 16 rings (SSSR count). The molecule has 0 saturated heterocycles. The van der Waals surface area contributed by atoms with E-state index >= 15 is 0 Å². The van der Waals surface area contributed by atoms with Crippen LogP contribution in [0.3, 0.4) is 0 Å². The fourth-order valence-corrected chi connectivity index (χ4v) is 12.2. The van der Waals surface area contributed by atoms with E-state index in [1.54, 1.807) is 0 Å². The topological polar surface area (TPSA) is 34.5 Å². The highest BCUT2D eigenvalue weighted by atomic mass is 16.3. The van der Waals surface area contributed by atoms with Gasteiger partial charge in [0.15, 0.2) is 5.58 Å². The van der Waals surface area contributed by atoms with Crippen molar-refractivity contribution in [3.05, 3.63) is 255 Å². The van der Waals surface area contributed by atoms with Gasteiger partial charge in [-0.1, -0.05) is 194 Å². The standard InChI is InChI=1S/C70H42N2O2/c1-2-16-43(17-3-1)44-34-36-48(37-35-44)71(64-32-15-28-58-55-23-8-11-33-65(55)73-69(58)64)49-41-46(51-24-12-19-45-18-4-5-20-50(45)51)40-47(42-49)52-25-13-27-59-60-39-38-56-53-21-6-9-30-62(53)72-63-31-10-7-22-54(63)57-26-14-29-61(67(57)72)66(56)70(60)74-68(52)59/h1-42H. The summed E-state index contributed by atoms with van der Waals surface area (Å²) in [6.45, 7) is 0. The molecule has 15 aromatic rings. The van der Waals surface area contributed by atoms with Gasteiger partial charge in [0.25, 0.3) is 0 Å². The molecular weight excluding hydrogens is 901 g/mol. The van der Waals surface area contributed by atoms with Crippen LogP contribution < -0.4 is 4.90 Å². The second kappa shape index (κ2) is 15.8. The minimum absolute atomic E-state index is 0.827. The second-order valence-electron chi connectivity index (χ2n) is 19.5. The van der Waals surface area contributed by atoms with E-state index in [2.05, 4.69) is 258 Å². The number of rotatable bonds is 6. The molecule has 74 heavy (non-hydrogen) atoms. The third-order valence-corrected chi connectivity index (χ3v) is 15.5. The van der Waals surface area contributed by atoms with Crippen LogP contribution in [-0.4, -0.2) is 4.57 Å². The number of para-hydroxylation sites is 6. The number of hydrogen-bond donors (Lipinski definition) is 0. The Labute approximate surface area is 425 Å². The molecule has 4 nitrogen and oxygen atoms in total. The SMILES string of the molecule is c1ccc(-c2ccc(N(c3cc(-c4cccc5ccccc45)cc(-c4cccc5c4oc4c6c(ccc45)-c4ccccc4-n4c5ccccc5c5cccc-6c54)c3)c3cccc4c3oc3ccccc34)cc2)cc1. The number of furan rings is 2. The van der Waals surface area contributed by atoms with Crippen LogP contribution in [0.15, 0.2) is 264 Å². The monoisotopic (exact) mass is 942 g/mol. The number of anilines is 3. The third kappa shape index (κ3) is 5.97. The summed E-state index contributed by atoms with van der Waals surface area (Å²) in [4.78, 5) is 2.37. The number of benzene rings is 12. The van der Waals surface area contributed by atoms with Crippen molar-refractivity contribution in [2.45, 2.75) is 0 Å². The van der Waals surface area contributed by atoms with E-state index in [1.807, 2.05) is 6.07 Å². The van der Waals surface area contributed by atoms with Gasteiger partial charge in [-0.25, -0.2) is 0 Å². The first-order valence-corrected chi connectivity index (χ1v) is 25.3. The van der Waals surface area contributed by atoms with Gasteiger partial charge in [-0.05, 0) is 105 Å². The van der Waals surface area contributed by atoms with Crippen molar-refractivity contribution in [2.75, 3.05) is 4.90 Å². The lowest BCUT2D eigenvalue weighted by atomic mass is 9.91. The number of aromatic nitrogens is 1. The quantitative estimate of drug-likeness (QED) is 0.167. The minimum Gasteiger partial charge on any atom is -0.455 e. The van der Waals surface area contributed by atoms with Crippen LogP contribution in [0.5, 0.6) is 0 Å². The summed E-state index contributed by atoms with van der Waals surface area (Å²) in [5, 5.41) is 9.15. The zero-order chi connectivity index (χ0) is 48.4. The molecule has 1 aliphatic heterocycles. The molecule has 4 heterocycles. The molecule has 1 aliphatic rings. The zero-order valence-electron chi connectivity index (χ0n) is 40.0. The molecule has 4 heteroatoms. The Morgan fingerprint density at radius 3 is 1.80 bits per heavy atom. The van der Waals surface area contributed by atoms with Crippen LogP contribution in [0, 0.1) is 0 Å². The van der Waals surface area contributed by atoms with Crippen molar-refractivity contribution >= 4 is 93.5 Å². The summed E-state index contributed by atoms with van der Waals surface area (Å²) in [7, 11) is 0. The van der Waals surface area contributed by atoms with Gasteiger partial charge in [0.05, 0.1) is 22.4 Å². The fourth-order valence-electron chi connectivity index (χ4n) is 12.2. The minimum atomic E-state index is 0.827. The molecular formula is C70H42N2O2. The molecule has 0 bridgehead atoms.